The molecule has 8 nitrogen and oxygen atoms in total. The van der Waals surface area contributed by atoms with Crippen LogP contribution >= 0.6 is 7.82 Å². The minimum Gasteiger partial charge on any atom is -0.457 e. The molecule has 226 valence electrons. The SMILES string of the molecule is CCCCC/C=C\C/C=C\C/C=C\C/C=C\CCCC(=O)O[C@H](CO[14CH2]CCCC)COP(=O)(O)OCCN. The van der Waals surface area contributed by atoms with Crippen LogP contribution in [-0.2, 0) is 27.9 Å². The molecule has 3 N–H and O–H groups in total. The smallest absolute Gasteiger partial charge is 0.457 e. The molecule has 0 aliphatic carbocycles. The second-order valence-corrected chi connectivity index (χ2v) is 10.7. The molecule has 0 aromatic rings. The molecule has 0 aliphatic rings. The number of rotatable bonds is 27. The summed E-state index contributed by atoms with van der Waals surface area (Å²) in [7, 11) is -4.26. The van der Waals surface area contributed by atoms with Crippen molar-refractivity contribution in [1.82, 2.24) is 0 Å². The third kappa shape index (κ3) is 27.8. The summed E-state index contributed by atoms with van der Waals surface area (Å²) < 4.78 is 32.6. The zero-order valence-corrected chi connectivity index (χ0v) is 25.2. The Morgan fingerprint density at radius 1 is 0.846 bits per heavy atom. The van der Waals surface area contributed by atoms with Gasteiger partial charge in [0.05, 0.1) is 19.8 Å². The molecule has 0 amide bonds. The lowest BCUT2D eigenvalue weighted by Crippen LogP contribution is -2.28. The molecule has 0 radical (unpaired) electrons. The van der Waals surface area contributed by atoms with Gasteiger partial charge < -0.3 is 20.1 Å². The Balaban J connectivity index is 4.16. The van der Waals surface area contributed by atoms with Crippen molar-refractivity contribution in [3.05, 3.63) is 48.6 Å². The van der Waals surface area contributed by atoms with Gasteiger partial charge in [0.1, 0.15) is 6.10 Å². The van der Waals surface area contributed by atoms with Crippen LogP contribution in [0.15, 0.2) is 48.6 Å². The second-order valence-electron chi connectivity index (χ2n) is 9.26. The standard InChI is InChI=1S/C30H54NO7P/c1-3-5-7-8-9-10-11-12-13-14-15-16-17-18-19-20-21-23-30(32)38-29(27-35-25-22-6-4-2)28-37-39(33,34)36-26-24-31/h9-10,12-13,15-16,18-19,29H,3-8,11,14,17,20-28,31H2,1-2H3,(H,33,34)/b10-9-,13-12-,16-15-,19-18-/t29-/m1/s1/i25+2. The van der Waals surface area contributed by atoms with Crippen LogP contribution < -0.4 is 5.73 Å². The number of ether oxygens (including phenoxy) is 2. The first-order valence-corrected chi connectivity index (χ1v) is 16.1. The van der Waals surface area contributed by atoms with Crippen LogP contribution in [0.2, 0.25) is 0 Å². The van der Waals surface area contributed by atoms with E-state index in [0.717, 1.165) is 44.9 Å². The fourth-order valence-corrected chi connectivity index (χ4v) is 4.10. The van der Waals surface area contributed by atoms with Crippen molar-refractivity contribution in [3.63, 3.8) is 0 Å². The third-order valence-corrected chi connectivity index (χ3v) is 6.48. The minimum absolute atomic E-state index is 0.0868. The highest BCUT2D eigenvalue weighted by Gasteiger charge is 2.25. The zero-order chi connectivity index (χ0) is 28.9. The number of phosphoric ester groups is 1. The maximum Gasteiger partial charge on any atom is 0.472 e. The van der Waals surface area contributed by atoms with Crippen LogP contribution in [0.25, 0.3) is 0 Å². The highest BCUT2D eigenvalue weighted by atomic mass is 31.2. The van der Waals surface area contributed by atoms with E-state index in [4.69, 9.17) is 24.3 Å². The molecule has 9 heteroatoms. The molecule has 0 aromatic carbocycles. The Hall–Kier alpha value is -1.54. The van der Waals surface area contributed by atoms with Crippen LogP contribution in [0.3, 0.4) is 0 Å². The van der Waals surface area contributed by atoms with Gasteiger partial charge in [0.2, 0.25) is 0 Å². The van der Waals surface area contributed by atoms with Gasteiger partial charge in [-0.2, -0.15) is 0 Å². The Morgan fingerprint density at radius 2 is 1.44 bits per heavy atom. The van der Waals surface area contributed by atoms with Crippen LogP contribution in [-0.4, -0.2) is 49.9 Å². The van der Waals surface area contributed by atoms with Gasteiger partial charge in [-0.3, -0.25) is 13.8 Å². The van der Waals surface area contributed by atoms with Gasteiger partial charge >= 0.3 is 13.8 Å². The molecule has 0 heterocycles. The number of esters is 1. The largest absolute Gasteiger partial charge is 0.472 e. The summed E-state index contributed by atoms with van der Waals surface area (Å²) in [6.07, 6.45) is 29.0. The molecule has 39 heavy (non-hydrogen) atoms. The predicted octanol–water partition coefficient (Wildman–Crippen LogP) is 7.34. The van der Waals surface area contributed by atoms with Gasteiger partial charge in [-0.15, -0.1) is 0 Å². The first-order valence-electron chi connectivity index (χ1n) is 14.6. The molecule has 0 spiro atoms. The fourth-order valence-electron chi connectivity index (χ4n) is 3.34. The quantitative estimate of drug-likeness (QED) is 0.0454. The topological polar surface area (TPSA) is 117 Å². The summed E-state index contributed by atoms with van der Waals surface area (Å²) in [6, 6.07) is 0. The third-order valence-electron chi connectivity index (χ3n) is 5.50. The average Bonchev–Trinajstić information content (AvgIpc) is 2.92. The summed E-state index contributed by atoms with van der Waals surface area (Å²) >= 11 is 0. The lowest BCUT2D eigenvalue weighted by Gasteiger charge is -2.20. The maximum absolute atomic E-state index is 12.3. The summed E-state index contributed by atoms with van der Waals surface area (Å²) in [5.41, 5.74) is 5.28. The number of phosphoric acid groups is 1. The van der Waals surface area contributed by atoms with Crippen molar-refractivity contribution in [2.45, 2.75) is 103 Å². The average molecular weight is 574 g/mol. The molecule has 0 aliphatic heterocycles. The highest BCUT2D eigenvalue weighted by molar-refractivity contribution is 7.47. The van der Waals surface area contributed by atoms with Gasteiger partial charge in [0.15, 0.2) is 0 Å². The van der Waals surface area contributed by atoms with E-state index in [2.05, 4.69) is 62.5 Å². The van der Waals surface area contributed by atoms with E-state index in [0.29, 0.717) is 13.0 Å². The van der Waals surface area contributed by atoms with Crippen LogP contribution in [0.5, 0.6) is 0 Å². The number of carbonyl (C=O) groups excluding carboxylic acids is 1. The van der Waals surface area contributed by atoms with Crippen molar-refractivity contribution in [2.75, 3.05) is 33.0 Å². The number of allylic oxidation sites excluding steroid dienone is 8. The van der Waals surface area contributed by atoms with E-state index in [1.165, 1.54) is 25.7 Å². The monoisotopic (exact) mass is 573 g/mol. The van der Waals surface area contributed by atoms with Gasteiger partial charge in [0, 0.05) is 19.6 Å². The lowest BCUT2D eigenvalue weighted by atomic mass is 10.2. The number of unbranched alkanes of at least 4 members (excludes halogenated alkanes) is 6. The van der Waals surface area contributed by atoms with Crippen molar-refractivity contribution in [1.29, 1.82) is 0 Å². The van der Waals surface area contributed by atoms with E-state index in [-0.39, 0.29) is 32.8 Å². The van der Waals surface area contributed by atoms with E-state index in [1.807, 2.05) is 0 Å². The van der Waals surface area contributed by atoms with Crippen molar-refractivity contribution in [3.8, 4) is 0 Å². The first kappa shape index (κ1) is 37.5. The fraction of sp³-hybridized carbons (Fsp3) is 0.700. The van der Waals surface area contributed by atoms with E-state index < -0.39 is 19.9 Å². The number of hydrogen-bond acceptors (Lipinski definition) is 7. The lowest BCUT2D eigenvalue weighted by molar-refractivity contribution is -0.154. The normalized spacial score (nSPS) is 14.7. The highest BCUT2D eigenvalue weighted by Crippen LogP contribution is 2.43. The van der Waals surface area contributed by atoms with Crippen LogP contribution in [0, 0.1) is 0 Å². The van der Waals surface area contributed by atoms with Gasteiger partial charge in [-0.25, -0.2) is 4.57 Å². The summed E-state index contributed by atoms with van der Waals surface area (Å²) in [5, 5.41) is 0. The molecule has 0 bridgehead atoms. The Kier molecular flexibility index (Phi) is 26.9. The molecule has 0 saturated heterocycles. The Bertz CT molecular complexity index is 737. The molecule has 0 saturated carbocycles. The maximum atomic E-state index is 12.3. The first-order chi connectivity index (χ1) is 18.9. The number of carbonyl (C=O) groups is 1. The van der Waals surface area contributed by atoms with Crippen LogP contribution in [0.4, 0.5) is 0 Å². The summed E-state index contributed by atoms with van der Waals surface area (Å²) in [5.74, 6) is -0.396. The predicted molar refractivity (Wildman–Crippen MR) is 159 cm³/mol. The number of nitrogens with two attached hydrogens (primary N) is 1. The summed E-state index contributed by atoms with van der Waals surface area (Å²) in [6.45, 7) is 4.61. The molecular weight excluding hydrogens is 519 g/mol. The molecular formula is C30H54NO7P. The number of hydrogen-bond donors (Lipinski definition) is 2. The molecule has 0 fully saturated rings. The van der Waals surface area contributed by atoms with Crippen LogP contribution in [0.1, 0.15) is 97.3 Å². The van der Waals surface area contributed by atoms with Gasteiger partial charge in [0.25, 0.3) is 0 Å². The van der Waals surface area contributed by atoms with Gasteiger partial charge in [-0.05, 0) is 51.4 Å². The molecule has 0 rings (SSSR count). The van der Waals surface area contributed by atoms with Gasteiger partial charge in [-0.1, -0.05) is 88.1 Å². The molecule has 1 unspecified atom stereocenters. The Morgan fingerprint density at radius 3 is 2.03 bits per heavy atom. The van der Waals surface area contributed by atoms with Crippen molar-refractivity contribution < 1.29 is 32.8 Å². The zero-order valence-electron chi connectivity index (χ0n) is 24.3. The second kappa shape index (κ2) is 28.0. The van der Waals surface area contributed by atoms with Crippen molar-refractivity contribution in [2.24, 2.45) is 5.73 Å². The Labute approximate surface area is 237 Å². The summed E-state index contributed by atoms with van der Waals surface area (Å²) in [4.78, 5) is 22.0. The van der Waals surface area contributed by atoms with E-state index in [1.54, 1.807) is 0 Å². The van der Waals surface area contributed by atoms with E-state index in [9.17, 15) is 14.3 Å². The van der Waals surface area contributed by atoms with Crippen molar-refractivity contribution >= 4 is 13.8 Å². The minimum atomic E-state index is -4.26. The molecule has 0 aromatic heterocycles. The van der Waals surface area contributed by atoms with E-state index >= 15 is 0 Å². The molecule has 2 atom stereocenters.